The lowest BCUT2D eigenvalue weighted by atomic mass is 10.1. The molecule has 2 N–H and O–H groups in total. The van der Waals surface area contributed by atoms with E-state index in [0.717, 1.165) is 17.9 Å². The van der Waals surface area contributed by atoms with Gasteiger partial charge in [0, 0.05) is 16.3 Å². The van der Waals surface area contributed by atoms with E-state index in [9.17, 15) is 0 Å². The van der Waals surface area contributed by atoms with Gasteiger partial charge in [-0.2, -0.15) is 0 Å². The van der Waals surface area contributed by atoms with Gasteiger partial charge in [-0.25, -0.2) is 0 Å². The second-order valence-corrected chi connectivity index (χ2v) is 4.78. The average Bonchev–Trinajstić information content (AvgIpc) is 2.33. The monoisotopic (exact) mass is 229 g/mol. The van der Waals surface area contributed by atoms with Crippen LogP contribution in [0.15, 0.2) is 59.5 Å². The zero-order valence-corrected chi connectivity index (χ0v) is 9.91. The lowest BCUT2D eigenvalue weighted by molar-refractivity contribution is 1.16. The van der Waals surface area contributed by atoms with E-state index in [1.165, 1.54) is 10.5 Å². The number of anilines is 1. The van der Waals surface area contributed by atoms with Crippen LogP contribution in [0.3, 0.4) is 0 Å². The molecule has 2 aromatic carbocycles. The molecule has 0 fully saturated rings. The SMILES string of the molecule is Nc1ccccc1CCSc1ccccc1. The highest BCUT2D eigenvalue weighted by Gasteiger charge is 1.98. The number of rotatable bonds is 4. The maximum atomic E-state index is 5.89. The van der Waals surface area contributed by atoms with E-state index in [0.29, 0.717) is 0 Å². The van der Waals surface area contributed by atoms with Crippen LogP contribution in [-0.2, 0) is 6.42 Å². The summed E-state index contributed by atoms with van der Waals surface area (Å²) >= 11 is 1.87. The Morgan fingerprint density at radius 3 is 2.31 bits per heavy atom. The van der Waals surface area contributed by atoms with E-state index in [1.807, 2.05) is 36.0 Å². The minimum atomic E-state index is 0.899. The van der Waals surface area contributed by atoms with Gasteiger partial charge in [0.25, 0.3) is 0 Å². The summed E-state index contributed by atoms with van der Waals surface area (Å²) < 4.78 is 0. The Labute approximate surface area is 101 Å². The molecule has 0 atom stereocenters. The predicted octanol–water partition coefficient (Wildman–Crippen LogP) is 3.60. The molecule has 2 rings (SSSR count). The molecular weight excluding hydrogens is 214 g/mol. The van der Waals surface area contributed by atoms with Gasteiger partial charge < -0.3 is 5.73 Å². The topological polar surface area (TPSA) is 26.0 Å². The zero-order chi connectivity index (χ0) is 11.2. The Hall–Kier alpha value is -1.41. The van der Waals surface area contributed by atoms with E-state index >= 15 is 0 Å². The molecule has 0 aromatic heterocycles. The molecule has 1 nitrogen and oxygen atoms in total. The molecule has 0 saturated heterocycles. The van der Waals surface area contributed by atoms with Crippen molar-refractivity contribution in [1.82, 2.24) is 0 Å². The summed E-state index contributed by atoms with van der Waals surface area (Å²) in [6.45, 7) is 0. The van der Waals surface area contributed by atoms with Crippen LogP contribution in [0.25, 0.3) is 0 Å². The molecule has 2 aromatic rings. The van der Waals surface area contributed by atoms with E-state index in [-0.39, 0.29) is 0 Å². The van der Waals surface area contributed by atoms with Crippen LogP contribution >= 0.6 is 11.8 Å². The number of benzene rings is 2. The first-order chi connectivity index (χ1) is 7.86. The predicted molar refractivity (Wildman–Crippen MR) is 71.7 cm³/mol. The second-order valence-electron chi connectivity index (χ2n) is 3.61. The van der Waals surface area contributed by atoms with Gasteiger partial charge in [-0.3, -0.25) is 0 Å². The highest BCUT2D eigenvalue weighted by molar-refractivity contribution is 7.99. The van der Waals surface area contributed by atoms with Crippen molar-refractivity contribution in [3.63, 3.8) is 0 Å². The Morgan fingerprint density at radius 1 is 0.875 bits per heavy atom. The molecule has 0 heterocycles. The van der Waals surface area contributed by atoms with Gasteiger partial charge >= 0.3 is 0 Å². The Balaban J connectivity index is 1.87. The van der Waals surface area contributed by atoms with Gasteiger partial charge in [0.05, 0.1) is 0 Å². The fourth-order valence-corrected chi connectivity index (χ4v) is 2.46. The number of thioether (sulfide) groups is 1. The zero-order valence-electron chi connectivity index (χ0n) is 9.10. The first-order valence-electron chi connectivity index (χ1n) is 5.37. The second kappa shape index (κ2) is 5.61. The number of nitrogens with two attached hydrogens (primary N) is 1. The van der Waals surface area contributed by atoms with Gasteiger partial charge in [0.2, 0.25) is 0 Å². The molecular formula is C14H15NS. The van der Waals surface area contributed by atoms with Crippen LogP contribution in [0.1, 0.15) is 5.56 Å². The third-order valence-corrected chi connectivity index (χ3v) is 3.45. The van der Waals surface area contributed by atoms with Crippen LogP contribution in [0.4, 0.5) is 5.69 Å². The third-order valence-electron chi connectivity index (χ3n) is 2.44. The quantitative estimate of drug-likeness (QED) is 0.640. The fraction of sp³-hybridized carbons (Fsp3) is 0.143. The largest absolute Gasteiger partial charge is 0.399 e. The minimum Gasteiger partial charge on any atom is -0.399 e. The first-order valence-corrected chi connectivity index (χ1v) is 6.36. The number of aryl methyl sites for hydroxylation is 1. The number of hydrogen-bond acceptors (Lipinski definition) is 2. The highest BCUT2D eigenvalue weighted by Crippen LogP contribution is 2.20. The van der Waals surface area contributed by atoms with Crippen LogP contribution < -0.4 is 5.73 Å². The lowest BCUT2D eigenvalue weighted by Gasteiger charge is -2.04. The Bertz CT molecular complexity index is 439. The molecule has 0 spiro atoms. The van der Waals surface area contributed by atoms with Crippen molar-refractivity contribution in [3.8, 4) is 0 Å². The Morgan fingerprint density at radius 2 is 1.56 bits per heavy atom. The Kier molecular flexibility index (Phi) is 3.89. The van der Waals surface area contributed by atoms with Gasteiger partial charge in [-0.1, -0.05) is 36.4 Å². The molecule has 82 valence electrons. The van der Waals surface area contributed by atoms with Crippen LogP contribution in [0, 0.1) is 0 Å². The van der Waals surface area contributed by atoms with Crippen molar-refractivity contribution >= 4 is 17.4 Å². The van der Waals surface area contributed by atoms with Gasteiger partial charge in [-0.05, 0) is 30.2 Å². The summed E-state index contributed by atoms with van der Waals surface area (Å²) in [4.78, 5) is 1.32. The maximum Gasteiger partial charge on any atom is 0.0346 e. The fourth-order valence-electron chi connectivity index (χ4n) is 1.56. The van der Waals surface area contributed by atoms with E-state index < -0.39 is 0 Å². The molecule has 2 heteroatoms. The smallest absolute Gasteiger partial charge is 0.0346 e. The number of hydrogen-bond donors (Lipinski definition) is 1. The molecule has 0 amide bonds. The summed E-state index contributed by atoms with van der Waals surface area (Å²) in [5, 5.41) is 0. The number of para-hydroxylation sites is 1. The summed E-state index contributed by atoms with van der Waals surface area (Å²) in [5.74, 6) is 1.07. The highest BCUT2D eigenvalue weighted by atomic mass is 32.2. The van der Waals surface area contributed by atoms with Crippen LogP contribution in [-0.4, -0.2) is 5.75 Å². The van der Waals surface area contributed by atoms with E-state index in [4.69, 9.17) is 5.73 Å². The van der Waals surface area contributed by atoms with Crippen molar-refractivity contribution in [3.05, 3.63) is 60.2 Å². The summed E-state index contributed by atoms with van der Waals surface area (Å²) in [6, 6.07) is 18.5. The first kappa shape index (κ1) is 11.1. The van der Waals surface area contributed by atoms with Crippen molar-refractivity contribution in [2.75, 3.05) is 11.5 Å². The normalized spacial score (nSPS) is 10.2. The molecule has 0 aliphatic heterocycles. The summed E-state index contributed by atoms with van der Waals surface area (Å²) in [6.07, 6.45) is 1.02. The molecule has 0 bridgehead atoms. The van der Waals surface area contributed by atoms with Gasteiger partial charge in [-0.15, -0.1) is 11.8 Å². The molecule has 0 saturated carbocycles. The van der Waals surface area contributed by atoms with Crippen LogP contribution in [0.5, 0.6) is 0 Å². The van der Waals surface area contributed by atoms with Crippen molar-refractivity contribution < 1.29 is 0 Å². The number of nitrogen functional groups attached to an aromatic ring is 1. The standard InChI is InChI=1S/C14H15NS/c15-14-9-5-4-6-12(14)10-11-16-13-7-2-1-3-8-13/h1-9H,10-11,15H2. The summed E-state index contributed by atoms with van der Waals surface area (Å²) in [5.41, 5.74) is 8.03. The van der Waals surface area contributed by atoms with Crippen molar-refractivity contribution in [2.24, 2.45) is 0 Å². The maximum absolute atomic E-state index is 5.89. The van der Waals surface area contributed by atoms with Gasteiger partial charge in [0.1, 0.15) is 0 Å². The minimum absolute atomic E-state index is 0.899. The molecule has 0 radical (unpaired) electrons. The summed E-state index contributed by atoms with van der Waals surface area (Å²) in [7, 11) is 0. The van der Waals surface area contributed by atoms with Crippen molar-refractivity contribution in [2.45, 2.75) is 11.3 Å². The van der Waals surface area contributed by atoms with Crippen molar-refractivity contribution in [1.29, 1.82) is 0 Å². The van der Waals surface area contributed by atoms with Crippen LogP contribution in [0.2, 0.25) is 0 Å². The average molecular weight is 229 g/mol. The van der Waals surface area contributed by atoms with E-state index in [1.54, 1.807) is 0 Å². The molecule has 0 aliphatic carbocycles. The van der Waals surface area contributed by atoms with E-state index in [2.05, 4.69) is 30.3 Å². The molecule has 0 aliphatic rings. The lowest BCUT2D eigenvalue weighted by Crippen LogP contribution is -1.95. The van der Waals surface area contributed by atoms with Gasteiger partial charge in [0.15, 0.2) is 0 Å². The third kappa shape index (κ3) is 3.04. The molecule has 0 unspecified atom stereocenters. The molecule has 16 heavy (non-hydrogen) atoms.